The van der Waals surface area contributed by atoms with Crippen molar-refractivity contribution in [1.82, 2.24) is 15.0 Å². The molecule has 1 atom stereocenters. The van der Waals surface area contributed by atoms with E-state index in [0.717, 1.165) is 20.4 Å². The van der Waals surface area contributed by atoms with Crippen molar-refractivity contribution in [2.45, 2.75) is 97.4 Å². The first kappa shape index (κ1) is 30.8. The van der Waals surface area contributed by atoms with E-state index in [-0.39, 0.29) is 11.1 Å². The van der Waals surface area contributed by atoms with Gasteiger partial charge in [-0.15, -0.1) is 22.7 Å². The number of unbranched alkanes of at least 4 members (excludes halogenated alkanes) is 8. The van der Waals surface area contributed by atoms with Gasteiger partial charge in [-0.2, -0.15) is 15.0 Å². The molecular weight excluding hydrogens is 664 g/mol. The molecule has 0 N–H and O–H groups in total. The van der Waals surface area contributed by atoms with E-state index in [2.05, 4.69) is 45.7 Å². The molecule has 0 saturated heterocycles. The van der Waals surface area contributed by atoms with Crippen molar-refractivity contribution >= 4 is 65.6 Å². The molecule has 1 aromatic carbocycles. The van der Waals surface area contributed by atoms with E-state index >= 15 is 8.78 Å². The Morgan fingerprint density at radius 1 is 0.692 bits per heavy atom. The lowest BCUT2D eigenvalue weighted by Crippen LogP contribution is -2.14. The zero-order valence-corrected chi connectivity index (χ0v) is 27.6. The van der Waals surface area contributed by atoms with Gasteiger partial charge in [0.2, 0.25) is 0 Å². The second-order valence-electron chi connectivity index (χ2n) is 10.3. The highest BCUT2D eigenvalue weighted by Gasteiger charge is 2.27. The fourth-order valence-electron chi connectivity index (χ4n) is 5.17. The summed E-state index contributed by atoms with van der Waals surface area (Å²) in [5, 5.41) is 9.66. The first-order valence-electron chi connectivity index (χ1n) is 14.2. The van der Waals surface area contributed by atoms with Crippen LogP contribution in [-0.2, 0) is 6.54 Å². The minimum absolute atomic E-state index is 0.194. The molecule has 39 heavy (non-hydrogen) atoms. The highest BCUT2D eigenvalue weighted by Crippen LogP contribution is 2.44. The summed E-state index contributed by atoms with van der Waals surface area (Å²) in [4.78, 5) is 2.98. The molecule has 9 heteroatoms. The summed E-state index contributed by atoms with van der Waals surface area (Å²) >= 11 is 9.67. The number of benzene rings is 1. The van der Waals surface area contributed by atoms with Crippen molar-refractivity contribution in [3.8, 4) is 20.9 Å². The molecular formula is C30H37Br2F2N3S2. The standard InChI is InChI=1S/C30H37Br2F2N3S2/c1-3-5-7-9-10-12-14-20(13-11-8-6-4-2)19-37-35-29-25(21-15-17-23(31)38-21)27(33)28(34)26(30(29)36-37)22-16-18-24(32)39-22/h15-18,20H,3-14,19H2,1-2H3. The Balaban J connectivity index is 1.67. The van der Waals surface area contributed by atoms with Crippen molar-refractivity contribution in [1.29, 1.82) is 0 Å². The van der Waals surface area contributed by atoms with Gasteiger partial charge in [-0.05, 0) is 74.9 Å². The van der Waals surface area contributed by atoms with E-state index in [1.165, 1.54) is 86.9 Å². The lowest BCUT2D eigenvalue weighted by atomic mass is 9.94. The van der Waals surface area contributed by atoms with Crippen molar-refractivity contribution in [3.05, 3.63) is 43.5 Å². The van der Waals surface area contributed by atoms with Crippen LogP contribution in [0.1, 0.15) is 90.9 Å². The number of nitrogens with zero attached hydrogens (tertiary/aromatic N) is 3. The monoisotopic (exact) mass is 699 g/mol. The van der Waals surface area contributed by atoms with Gasteiger partial charge in [-0.25, -0.2) is 8.78 Å². The lowest BCUT2D eigenvalue weighted by Gasteiger charge is -2.16. The van der Waals surface area contributed by atoms with Gasteiger partial charge in [0.15, 0.2) is 11.6 Å². The lowest BCUT2D eigenvalue weighted by molar-refractivity contribution is 0.327. The highest BCUT2D eigenvalue weighted by atomic mass is 79.9. The van der Waals surface area contributed by atoms with Crippen LogP contribution in [0.25, 0.3) is 31.9 Å². The molecule has 212 valence electrons. The number of thiophene rings is 2. The Morgan fingerprint density at radius 3 is 1.56 bits per heavy atom. The Morgan fingerprint density at radius 2 is 1.13 bits per heavy atom. The van der Waals surface area contributed by atoms with Crippen LogP contribution >= 0.6 is 54.5 Å². The van der Waals surface area contributed by atoms with Crippen molar-refractivity contribution in [3.63, 3.8) is 0 Å². The smallest absolute Gasteiger partial charge is 0.170 e. The van der Waals surface area contributed by atoms with Gasteiger partial charge in [0.25, 0.3) is 0 Å². The van der Waals surface area contributed by atoms with Gasteiger partial charge in [-0.1, -0.05) is 78.1 Å². The number of hydrogen-bond acceptors (Lipinski definition) is 4. The van der Waals surface area contributed by atoms with E-state index < -0.39 is 11.6 Å². The maximum Gasteiger partial charge on any atom is 0.170 e. The fourth-order valence-corrected chi connectivity index (χ4v) is 8.02. The maximum atomic E-state index is 15.7. The van der Waals surface area contributed by atoms with Gasteiger partial charge in [0.1, 0.15) is 11.0 Å². The zero-order chi connectivity index (χ0) is 27.8. The topological polar surface area (TPSA) is 30.7 Å². The van der Waals surface area contributed by atoms with Crippen LogP contribution in [0.5, 0.6) is 0 Å². The van der Waals surface area contributed by atoms with Crippen molar-refractivity contribution < 1.29 is 8.78 Å². The van der Waals surface area contributed by atoms with Crippen LogP contribution < -0.4 is 0 Å². The number of hydrogen-bond donors (Lipinski definition) is 0. The van der Waals surface area contributed by atoms with Crippen molar-refractivity contribution in [2.75, 3.05) is 0 Å². The van der Waals surface area contributed by atoms with Gasteiger partial charge < -0.3 is 0 Å². The molecule has 0 amide bonds. The summed E-state index contributed by atoms with van der Waals surface area (Å²) in [5.41, 5.74) is 1.23. The first-order chi connectivity index (χ1) is 18.9. The molecule has 0 aliphatic carbocycles. The molecule has 0 radical (unpaired) electrons. The summed E-state index contributed by atoms with van der Waals surface area (Å²) in [6.45, 7) is 5.15. The van der Waals surface area contributed by atoms with Crippen LogP contribution in [0.2, 0.25) is 0 Å². The predicted octanol–water partition coefficient (Wildman–Crippen LogP) is 12.0. The molecule has 0 aliphatic rings. The second kappa shape index (κ2) is 15.2. The number of aromatic nitrogens is 3. The normalized spacial score (nSPS) is 12.6. The summed E-state index contributed by atoms with van der Waals surface area (Å²) in [6.07, 6.45) is 14.8. The van der Waals surface area contributed by atoms with E-state index in [9.17, 15) is 0 Å². The molecule has 4 rings (SSSR count). The van der Waals surface area contributed by atoms with Crippen LogP contribution in [0.4, 0.5) is 8.78 Å². The summed E-state index contributed by atoms with van der Waals surface area (Å²) < 4.78 is 33.1. The average Bonchev–Trinajstić information content (AvgIpc) is 3.64. The second-order valence-corrected chi connectivity index (χ2v) is 15.2. The molecule has 3 aromatic heterocycles. The quantitative estimate of drug-likeness (QED) is 0.109. The fraction of sp³-hybridized carbons (Fsp3) is 0.533. The first-order valence-corrected chi connectivity index (χ1v) is 17.4. The zero-order valence-electron chi connectivity index (χ0n) is 22.7. The van der Waals surface area contributed by atoms with E-state index in [1.807, 2.05) is 24.3 Å². The van der Waals surface area contributed by atoms with Crippen LogP contribution in [0, 0.1) is 17.6 Å². The van der Waals surface area contributed by atoms with Crippen LogP contribution in [0.3, 0.4) is 0 Å². The molecule has 4 aromatic rings. The Labute approximate surface area is 255 Å². The van der Waals surface area contributed by atoms with Gasteiger partial charge in [-0.3, -0.25) is 0 Å². The number of rotatable bonds is 16. The third kappa shape index (κ3) is 7.98. The molecule has 3 heterocycles. The van der Waals surface area contributed by atoms with Crippen molar-refractivity contribution in [2.24, 2.45) is 5.92 Å². The SMILES string of the molecule is CCCCCCCCC(CCCCCC)Cn1nc2c(-c3ccc(Br)s3)c(F)c(F)c(-c3ccc(Br)s3)c2n1. The van der Waals surface area contributed by atoms with E-state index in [0.29, 0.717) is 33.3 Å². The van der Waals surface area contributed by atoms with Crippen LogP contribution in [-0.4, -0.2) is 15.0 Å². The Bertz CT molecular complexity index is 1260. The molecule has 3 nitrogen and oxygen atoms in total. The van der Waals surface area contributed by atoms with Gasteiger partial charge >= 0.3 is 0 Å². The number of fused-ring (bicyclic) bond motifs is 1. The third-order valence-electron chi connectivity index (χ3n) is 7.25. The summed E-state index contributed by atoms with van der Waals surface area (Å²) in [6, 6.07) is 7.32. The van der Waals surface area contributed by atoms with E-state index in [4.69, 9.17) is 10.2 Å². The maximum absolute atomic E-state index is 15.7. The van der Waals surface area contributed by atoms with Gasteiger partial charge in [0, 0.05) is 9.75 Å². The molecule has 0 aliphatic heterocycles. The Hall–Kier alpha value is -1.16. The Kier molecular flexibility index (Phi) is 12.0. The molecule has 0 bridgehead atoms. The number of halogens is 4. The largest absolute Gasteiger partial charge is 0.203 e. The summed E-state index contributed by atoms with van der Waals surface area (Å²) in [5.74, 6) is -1.29. The highest BCUT2D eigenvalue weighted by molar-refractivity contribution is 9.11. The minimum atomic E-state index is -0.869. The minimum Gasteiger partial charge on any atom is -0.203 e. The predicted molar refractivity (Wildman–Crippen MR) is 170 cm³/mol. The summed E-state index contributed by atoms with van der Waals surface area (Å²) in [7, 11) is 0. The molecule has 1 unspecified atom stereocenters. The van der Waals surface area contributed by atoms with Gasteiger partial charge in [0.05, 0.1) is 25.2 Å². The van der Waals surface area contributed by atoms with E-state index in [1.54, 1.807) is 4.80 Å². The third-order valence-corrected chi connectivity index (χ3v) is 10.5. The average molecular weight is 702 g/mol. The van der Waals surface area contributed by atoms with Crippen LogP contribution in [0.15, 0.2) is 31.8 Å². The molecule has 0 fully saturated rings. The molecule has 0 saturated carbocycles. The molecule has 0 spiro atoms.